The summed E-state index contributed by atoms with van der Waals surface area (Å²) in [5.74, 6) is -0.253. The summed E-state index contributed by atoms with van der Waals surface area (Å²) < 4.78 is 27.5. The molecular formula is C25H29N3O3S. The molecule has 32 heavy (non-hydrogen) atoms. The average Bonchev–Trinajstić information content (AvgIpc) is 2.82. The van der Waals surface area contributed by atoms with Crippen LogP contribution in [0, 0.1) is 0 Å². The van der Waals surface area contributed by atoms with Gasteiger partial charge in [0.05, 0.1) is 4.90 Å². The van der Waals surface area contributed by atoms with Crippen LogP contribution in [0.15, 0.2) is 83.8 Å². The number of nitrogens with zero attached hydrogens (tertiary/aromatic N) is 1. The smallest absolute Gasteiger partial charge is 0.261 e. The second-order valence-corrected chi connectivity index (χ2v) is 9.14. The summed E-state index contributed by atoms with van der Waals surface area (Å²) in [6.45, 7) is 7.63. The van der Waals surface area contributed by atoms with E-state index in [-0.39, 0.29) is 10.8 Å². The third-order valence-corrected chi connectivity index (χ3v) is 6.63. The van der Waals surface area contributed by atoms with Crippen LogP contribution >= 0.6 is 0 Å². The molecule has 2 N–H and O–H groups in total. The van der Waals surface area contributed by atoms with E-state index in [0.29, 0.717) is 17.8 Å². The summed E-state index contributed by atoms with van der Waals surface area (Å²) in [4.78, 5) is 14.9. The molecule has 7 heteroatoms. The molecule has 0 saturated carbocycles. The van der Waals surface area contributed by atoms with Gasteiger partial charge in [-0.2, -0.15) is 0 Å². The van der Waals surface area contributed by atoms with Crippen LogP contribution in [0.4, 0.5) is 5.69 Å². The molecular weight excluding hydrogens is 422 g/mol. The first-order chi connectivity index (χ1) is 15.4. The van der Waals surface area contributed by atoms with Crippen molar-refractivity contribution >= 4 is 21.6 Å². The summed E-state index contributed by atoms with van der Waals surface area (Å²) in [5, 5.41) is 2.88. The van der Waals surface area contributed by atoms with Gasteiger partial charge in [0.25, 0.3) is 15.9 Å². The summed E-state index contributed by atoms with van der Waals surface area (Å²) >= 11 is 0. The minimum absolute atomic E-state index is 0.0988. The van der Waals surface area contributed by atoms with Crippen LogP contribution in [0.1, 0.15) is 35.3 Å². The van der Waals surface area contributed by atoms with Crippen molar-refractivity contribution in [2.45, 2.75) is 31.8 Å². The van der Waals surface area contributed by atoms with Crippen LogP contribution in [0.25, 0.3) is 0 Å². The van der Waals surface area contributed by atoms with Crippen LogP contribution in [0.5, 0.6) is 0 Å². The van der Waals surface area contributed by atoms with Crippen LogP contribution in [-0.4, -0.2) is 32.3 Å². The van der Waals surface area contributed by atoms with Crippen molar-refractivity contribution in [1.82, 2.24) is 10.2 Å². The monoisotopic (exact) mass is 451 g/mol. The summed E-state index contributed by atoms with van der Waals surface area (Å²) in [5.41, 5.74) is 3.14. The fraction of sp³-hybridized carbons (Fsp3) is 0.240. The molecule has 3 rings (SSSR count). The SMILES string of the molecule is CCN(CC)Cc1ccc(CNC(=O)c2ccc(S(=O)(=O)Nc3ccccc3)cc2)cc1. The maximum atomic E-state index is 12.5. The van der Waals surface area contributed by atoms with Gasteiger partial charge in [0.15, 0.2) is 0 Å². The van der Waals surface area contributed by atoms with Crippen molar-refractivity contribution in [3.63, 3.8) is 0 Å². The first-order valence-electron chi connectivity index (χ1n) is 10.7. The normalized spacial score (nSPS) is 11.3. The van der Waals surface area contributed by atoms with E-state index in [4.69, 9.17) is 0 Å². The third-order valence-electron chi connectivity index (χ3n) is 5.23. The van der Waals surface area contributed by atoms with Gasteiger partial charge in [0, 0.05) is 24.3 Å². The van der Waals surface area contributed by atoms with E-state index in [1.165, 1.54) is 29.8 Å². The van der Waals surface area contributed by atoms with Crippen molar-refractivity contribution in [2.24, 2.45) is 0 Å². The van der Waals surface area contributed by atoms with E-state index in [1.54, 1.807) is 24.3 Å². The van der Waals surface area contributed by atoms with Gasteiger partial charge in [-0.3, -0.25) is 14.4 Å². The Morgan fingerprint density at radius 2 is 1.41 bits per heavy atom. The van der Waals surface area contributed by atoms with Gasteiger partial charge in [0.1, 0.15) is 0 Å². The number of sulfonamides is 1. The van der Waals surface area contributed by atoms with Crippen molar-refractivity contribution < 1.29 is 13.2 Å². The molecule has 0 fully saturated rings. The Hall–Kier alpha value is -3.16. The molecule has 3 aromatic rings. The maximum absolute atomic E-state index is 12.5. The van der Waals surface area contributed by atoms with Gasteiger partial charge >= 0.3 is 0 Å². The average molecular weight is 452 g/mol. The first-order valence-corrected chi connectivity index (χ1v) is 12.2. The molecule has 0 saturated heterocycles. The van der Waals surface area contributed by atoms with Crippen LogP contribution in [0.3, 0.4) is 0 Å². The van der Waals surface area contributed by atoms with E-state index in [0.717, 1.165) is 25.2 Å². The first kappa shape index (κ1) is 23.5. The van der Waals surface area contributed by atoms with E-state index in [2.05, 4.69) is 40.9 Å². The zero-order valence-electron chi connectivity index (χ0n) is 18.4. The lowest BCUT2D eigenvalue weighted by Gasteiger charge is -2.18. The molecule has 6 nitrogen and oxygen atoms in total. The molecule has 0 atom stereocenters. The lowest BCUT2D eigenvalue weighted by atomic mass is 10.1. The minimum atomic E-state index is -3.71. The molecule has 0 aliphatic rings. The number of hydrogen-bond acceptors (Lipinski definition) is 4. The molecule has 0 heterocycles. The largest absolute Gasteiger partial charge is 0.348 e. The van der Waals surface area contributed by atoms with Crippen LogP contribution in [0.2, 0.25) is 0 Å². The van der Waals surface area contributed by atoms with E-state index < -0.39 is 10.0 Å². The number of anilines is 1. The second-order valence-electron chi connectivity index (χ2n) is 7.46. The molecule has 0 radical (unpaired) electrons. The predicted molar refractivity (Wildman–Crippen MR) is 128 cm³/mol. The number of amides is 1. The van der Waals surface area contributed by atoms with Gasteiger partial charge in [0.2, 0.25) is 0 Å². The molecule has 0 aliphatic heterocycles. The number of benzene rings is 3. The Morgan fingerprint density at radius 3 is 2.00 bits per heavy atom. The number of para-hydroxylation sites is 1. The molecule has 0 aliphatic carbocycles. The zero-order chi connectivity index (χ0) is 23.0. The van der Waals surface area contributed by atoms with Gasteiger partial charge in [-0.1, -0.05) is 56.3 Å². The molecule has 0 aromatic heterocycles. The lowest BCUT2D eigenvalue weighted by molar-refractivity contribution is 0.0951. The highest BCUT2D eigenvalue weighted by atomic mass is 32.2. The highest BCUT2D eigenvalue weighted by Gasteiger charge is 2.15. The van der Waals surface area contributed by atoms with Gasteiger partial charge in [-0.05, 0) is 60.6 Å². The van der Waals surface area contributed by atoms with E-state index in [9.17, 15) is 13.2 Å². The Labute approximate surface area is 190 Å². The Bertz CT molecular complexity index is 1110. The van der Waals surface area contributed by atoms with E-state index >= 15 is 0 Å². The zero-order valence-corrected chi connectivity index (χ0v) is 19.2. The standard InChI is InChI=1S/C25H29N3O3S/c1-3-28(4-2)19-21-12-10-20(11-13-21)18-26-25(29)22-14-16-24(17-15-22)32(30,31)27-23-8-6-5-7-9-23/h5-17,27H,3-4,18-19H2,1-2H3,(H,26,29). The third kappa shape index (κ3) is 6.42. The Kier molecular flexibility index (Phi) is 8.03. The van der Waals surface area contributed by atoms with Gasteiger partial charge in [-0.15, -0.1) is 0 Å². The molecule has 0 bridgehead atoms. The summed E-state index contributed by atoms with van der Waals surface area (Å²) in [6, 6.07) is 22.8. The second kappa shape index (κ2) is 10.9. The van der Waals surface area contributed by atoms with Crippen LogP contribution in [-0.2, 0) is 23.1 Å². The van der Waals surface area contributed by atoms with Crippen LogP contribution < -0.4 is 10.0 Å². The Morgan fingerprint density at radius 1 is 0.812 bits per heavy atom. The fourth-order valence-electron chi connectivity index (χ4n) is 3.26. The molecule has 1 amide bonds. The predicted octanol–water partition coefficient (Wildman–Crippen LogP) is 4.26. The molecule has 0 spiro atoms. The number of carbonyl (C=O) groups excluding carboxylic acids is 1. The van der Waals surface area contributed by atoms with E-state index in [1.807, 2.05) is 18.2 Å². The number of carbonyl (C=O) groups is 1. The maximum Gasteiger partial charge on any atom is 0.261 e. The molecule has 3 aromatic carbocycles. The number of nitrogens with one attached hydrogen (secondary N) is 2. The Balaban J connectivity index is 1.57. The highest BCUT2D eigenvalue weighted by molar-refractivity contribution is 7.92. The minimum Gasteiger partial charge on any atom is -0.348 e. The summed E-state index contributed by atoms with van der Waals surface area (Å²) in [7, 11) is -3.71. The quantitative estimate of drug-likeness (QED) is 0.483. The van der Waals surface area contributed by atoms with Gasteiger partial charge in [-0.25, -0.2) is 8.42 Å². The molecule has 0 unspecified atom stereocenters. The fourth-order valence-corrected chi connectivity index (χ4v) is 4.32. The van der Waals surface area contributed by atoms with Crippen molar-refractivity contribution in [1.29, 1.82) is 0 Å². The van der Waals surface area contributed by atoms with Crippen molar-refractivity contribution in [3.8, 4) is 0 Å². The number of hydrogen-bond donors (Lipinski definition) is 2. The van der Waals surface area contributed by atoms with Crippen molar-refractivity contribution in [3.05, 3.63) is 95.6 Å². The highest BCUT2D eigenvalue weighted by Crippen LogP contribution is 2.16. The summed E-state index contributed by atoms with van der Waals surface area (Å²) in [6.07, 6.45) is 0. The van der Waals surface area contributed by atoms with Crippen molar-refractivity contribution in [2.75, 3.05) is 17.8 Å². The number of rotatable bonds is 10. The van der Waals surface area contributed by atoms with Gasteiger partial charge < -0.3 is 5.32 Å². The molecule has 168 valence electrons. The topological polar surface area (TPSA) is 78.5 Å². The lowest BCUT2D eigenvalue weighted by Crippen LogP contribution is -2.23.